The van der Waals surface area contributed by atoms with Crippen LogP contribution in [-0.2, 0) is 9.53 Å². The number of nitrogens with zero attached hydrogens (tertiary/aromatic N) is 2. The Morgan fingerprint density at radius 1 is 1.33 bits per heavy atom. The molecular formula is C20H27F2N3O2. The number of nitrogens with two attached hydrogens (primary N) is 1. The maximum absolute atomic E-state index is 14.1. The lowest BCUT2D eigenvalue weighted by molar-refractivity contribution is -0.131. The molecule has 2 unspecified atom stereocenters. The summed E-state index contributed by atoms with van der Waals surface area (Å²) in [4.78, 5) is 16.5. The van der Waals surface area contributed by atoms with E-state index in [2.05, 4.69) is 4.90 Å². The fourth-order valence-corrected chi connectivity index (χ4v) is 4.96. The number of hydrogen-bond donors (Lipinski definition) is 1. The second-order valence-corrected chi connectivity index (χ2v) is 7.98. The van der Waals surface area contributed by atoms with Crippen molar-refractivity contribution in [2.24, 2.45) is 11.7 Å². The van der Waals surface area contributed by atoms with Gasteiger partial charge in [-0.2, -0.15) is 0 Å². The third kappa shape index (κ3) is 3.48. The summed E-state index contributed by atoms with van der Waals surface area (Å²) in [7, 11) is 0. The van der Waals surface area contributed by atoms with Gasteiger partial charge in [0, 0.05) is 49.7 Å². The summed E-state index contributed by atoms with van der Waals surface area (Å²) in [6, 6.07) is 3.43. The van der Waals surface area contributed by atoms with Crippen molar-refractivity contribution in [3.8, 4) is 0 Å². The van der Waals surface area contributed by atoms with Gasteiger partial charge >= 0.3 is 0 Å². The topological polar surface area (TPSA) is 58.8 Å². The van der Waals surface area contributed by atoms with Gasteiger partial charge in [0.05, 0.1) is 6.61 Å². The van der Waals surface area contributed by atoms with Gasteiger partial charge in [-0.25, -0.2) is 8.78 Å². The van der Waals surface area contributed by atoms with Crippen LogP contribution in [0.1, 0.15) is 37.9 Å². The Morgan fingerprint density at radius 2 is 2.15 bits per heavy atom. The van der Waals surface area contributed by atoms with Crippen molar-refractivity contribution in [2.45, 2.75) is 50.4 Å². The number of fused-ring (bicyclic) bond motifs is 1. The lowest BCUT2D eigenvalue weighted by Crippen LogP contribution is -2.50. The van der Waals surface area contributed by atoms with E-state index in [4.69, 9.17) is 10.5 Å². The van der Waals surface area contributed by atoms with Gasteiger partial charge in [-0.05, 0) is 37.0 Å². The minimum absolute atomic E-state index is 0.150. The number of hydrogen-bond acceptors (Lipinski definition) is 4. The van der Waals surface area contributed by atoms with E-state index in [9.17, 15) is 13.6 Å². The molecule has 2 N–H and O–H groups in total. The second-order valence-electron chi connectivity index (χ2n) is 7.98. The SMILES string of the molecule is CCC(=O)N1CCC2CN([C@H]3CO[C@H](c4cc(F)ccc4F)[C@@H](N)C3)CC21. The lowest BCUT2D eigenvalue weighted by atomic mass is 9.93. The van der Waals surface area contributed by atoms with Gasteiger partial charge in [-0.15, -0.1) is 0 Å². The van der Waals surface area contributed by atoms with Gasteiger partial charge in [0.15, 0.2) is 0 Å². The van der Waals surface area contributed by atoms with E-state index in [-0.39, 0.29) is 23.6 Å². The molecule has 7 heteroatoms. The van der Waals surface area contributed by atoms with Crippen molar-refractivity contribution >= 4 is 5.91 Å². The zero-order valence-corrected chi connectivity index (χ0v) is 15.6. The molecule has 5 atom stereocenters. The van der Waals surface area contributed by atoms with E-state index in [0.29, 0.717) is 25.4 Å². The van der Waals surface area contributed by atoms with Crippen LogP contribution < -0.4 is 5.73 Å². The van der Waals surface area contributed by atoms with Crippen LogP contribution in [0.3, 0.4) is 0 Å². The number of likely N-dealkylation sites (tertiary alicyclic amines) is 2. The summed E-state index contributed by atoms with van der Waals surface area (Å²) in [5.74, 6) is -0.241. The predicted octanol–water partition coefficient (Wildman–Crippen LogP) is 2.06. The van der Waals surface area contributed by atoms with Crippen LogP contribution in [0.2, 0.25) is 0 Å². The fraction of sp³-hybridized carbons (Fsp3) is 0.650. The average Bonchev–Trinajstić information content (AvgIpc) is 3.24. The Kier molecular flexibility index (Phi) is 5.18. The first-order valence-electron chi connectivity index (χ1n) is 9.83. The predicted molar refractivity (Wildman–Crippen MR) is 96.9 cm³/mol. The smallest absolute Gasteiger partial charge is 0.222 e. The molecule has 1 aromatic rings. The van der Waals surface area contributed by atoms with E-state index in [0.717, 1.165) is 38.2 Å². The summed E-state index contributed by atoms with van der Waals surface area (Å²) >= 11 is 0. The molecule has 0 bridgehead atoms. The molecular weight excluding hydrogens is 352 g/mol. The monoisotopic (exact) mass is 379 g/mol. The Bertz CT molecular complexity index is 716. The van der Waals surface area contributed by atoms with Crippen LogP contribution in [0.4, 0.5) is 8.78 Å². The molecule has 3 heterocycles. The summed E-state index contributed by atoms with van der Waals surface area (Å²) < 4.78 is 33.5. The molecule has 27 heavy (non-hydrogen) atoms. The van der Waals surface area contributed by atoms with Crippen molar-refractivity contribution in [3.05, 3.63) is 35.4 Å². The van der Waals surface area contributed by atoms with Crippen LogP contribution in [0.15, 0.2) is 18.2 Å². The van der Waals surface area contributed by atoms with Crippen LogP contribution >= 0.6 is 0 Å². The Morgan fingerprint density at radius 3 is 2.89 bits per heavy atom. The highest BCUT2D eigenvalue weighted by Crippen LogP contribution is 2.36. The molecule has 5 nitrogen and oxygen atoms in total. The van der Waals surface area contributed by atoms with Crippen LogP contribution in [0, 0.1) is 17.6 Å². The van der Waals surface area contributed by atoms with E-state index >= 15 is 0 Å². The van der Waals surface area contributed by atoms with Crippen molar-refractivity contribution in [1.82, 2.24) is 9.80 Å². The van der Waals surface area contributed by atoms with Crippen molar-refractivity contribution < 1.29 is 18.3 Å². The zero-order valence-electron chi connectivity index (χ0n) is 15.6. The molecule has 148 valence electrons. The van der Waals surface area contributed by atoms with Crippen LogP contribution in [-0.4, -0.2) is 60.1 Å². The maximum Gasteiger partial charge on any atom is 0.222 e. The van der Waals surface area contributed by atoms with Crippen LogP contribution in [0.5, 0.6) is 0 Å². The molecule has 4 rings (SSSR count). The molecule has 0 aliphatic carbocycles. The molecule has 0 aromatic heterocycles. The highest BCUT2D eigenvalue weighted by molar-refractivity contribution is 5.76. The number of amides is 1. The molecule has 1 aromatic carbocycles. The molecule has 0 saturated carbocycles. The summed E-state index contributed by atoms with van der Waals surface area (Å²) in [5, 5.41) is 0. The van der Waals surface area contributed by atoms with Crippen molar-refractivity contribution in [3.63, 3.8) is 0 Å². The molecule has 0 radical (unpaired) electrons. The van der Waals surface area contributed by atoms with E-state index in [1.807, 2.05) is 11.8 Å². The molecule has 3 aliphatic heterocycles. The summed E-state index contributed by atoms with van der Waals surface area (Å²) in [6.07, 6.45) is 1.63. The van der Waals surface area contributed by atoms with Gasteiger partial charge in [0.2, 0.25) is 5.91 Å². The quantitative estimate of drug-likeness (QED) is 0.874. The average molecular weight is 379 g/mol. The first-order chi connectivity index (χ1) is 13.0. The summed E-state index contributed by atoms with van der Waals surface area (Å²) in [5.41, 5.74) is 6.49. The number of halogens is 2. The molecule has 0 spiro atoms. The standard InChI is InChI=1S/C20H27F2N3O2/c1-2-19(26)25-6-5-12-9-24(10-18(12)25)14-8-17(23)20(27-11-14)15-7-13(21)3-4-16(15)22/h3-4,7,12,14,17-18,20H,2,5-6,8-11,23H2,1H3/t12?,14-,17+,18?,20-/m1/s1. The third-order valence-electron chi connectivity index (χ3n) is 6.38. The highest BCUT2D eigenvalue weighted by atomic mass is 19.1. The van der Waals surface area contributed by atoms with E-state index in [1.165, 1.54) is 6.07 Å². The minimum atomic E-state index is -0.628. The van der Waals surface area contributed by atoms with Crippen molar-refractivity contribution in [2.75, 3.05) is 26.2 Å². The molecule has 3 saturated heterocycles. The lowest BCUT2D eigenvalue weighted by Gasteiger charge is -2.39. The van der Waals surface area contributed by atoms with Crippen molar-refractivity contribution in [1.29, 1.82) is 0 Å². The number of benzene rings is 1. The first kappa shape index (κ1) is 18.8. The Hall–Kier alpha value is -1.57. The Labute approximate surface area is 158 Å². The number of rotatable bonds is 3. The van der Waals surface area contributed by atoms with Gasteiger partial charge in [-0.1, -0.05) is 6.92 Å². The van der Waals surface area contributed by atoms with E-state index < -0.39 is 23.8 Å². The number of carbonyl (C=O) groups excluding carboxylic acids is 1. The van der Waals surface area contributed by atoms with E-state index in [1.54, 1.807) is 0 Å². The normalized spacial score (nSPS) is 34.1. The zero-order chi connectivity index (χ0) is 19.1. The van der Waals surface area contributed by atoms with Gasteiger partial charge in [0.25, 0.3) is 0 Å². The summed E-state index contributed by atoms with van der Waals surface area (Å²) in [6.45, 7) is 4.99. The minimum Gasteiger partial charge on any atom is -0.370 e. The fourth-order valence-electron chi connectivity index (χ4n) is 4.96. The highest BCUT2D eigenvalue weighted by Gasteiger charge is 2.46. The third-order valence-corrected chi connectivity index (χ3v) is 6.38. The molecule has 3 aliphatic rings. The molecule has 3 fully saturated rings. The molecule has 1 amide bonds. The van der Waals surface area contributed by atoms with Gasteiger partial charge < -0.3 is 15.4 Å². The largest absolute Gasteiger partial charge is 0.370 e. The van der Waals surface area contributed by atoms with Gasteiger partial charge in [-0.3, -0.25) is 9.69 Å². The van der Waals surface area contributed by atoms with Gasteiger partial charge in [0.1, 0.15) is 17.7 Å². The number of ether oxygens (including phenoxy) is 1. The maximum atomic E-state index is 14.1. The first-order valence-corrected chi connectivity index (χ1v) is 9.83. The van der Waals surface area contributed by atoms with Crippen LogP contribution in [0.25, 0.3) is 0 Å². The Balaban J connectivity index is 1.41. The number of carbonyl (C=O) groups is 1. The second kappa shape index (κ2) is 7.45.